The molecule has 9 heteroatoms. The molecule has 0 spiro atoms. The van der Waals surface area contributed by atoms with E-state index in [1.165, 1.54) is 0 Å². The van der Waals surface area contributed by atoms with Crippen molar-refractivity contribution in [3.05, 3.63) is 45.5 Å². The number of nitrogens with zero attached hydrogens (tertiary/aromatic N) is 4. The summed E-state index contributed by atoms with van der Waals surface area (Å²) < 4.78 is 1.94. The highest BCUT2D eigenvalue weighted by Gasteiger charge is 2.11. The second kappa shape index (κ2) is 11.7. The Labute approximate surface area is 188 Å². The van der Waals surface area contributed by atoms with E-state index in [9.17, 15) is 0 Å². The fourth-order valence-electron chi connectivity index (χ4n) is 2.34. The van der Waals surface area contributed by atoms with Crippen LogP contribution in [0.4, 0.5) is 0 Å². The van der Waals surface area contributed by atoms with Gasteiger partial charge < -0.3 is 15.2 Å². The SMILES string of the molecule is CCCCNC(=NCc1nnc(C)n1C)NC(C)c1ccc(Cl)c(Cl)c1.I. The molecule has 0 fully saturated rings. The molecule has 0 saturated carbocycles. The molecule has 0 aliphatic rings. The van der Waals surface area contributed by atoms with Crippen molar-refractivity contribution in [1.29, 1.82) is 0 Å². The standard InChI is InChI=1S/C18H26Cl2N6.HI/c1-5-6-9-21-18(22-11-17-25-24-13(3)26(17)4)23-12(2)14-7-8-15(19)16(20)10-14;/h7-8,10,12H,5-6,9,11H2,1-4H3,(H2,21,22,23);1H. The van der Waals surface area contributed by atoms with Crippen LogP contribution in [0.2, 0.25) is 10.0 Å². The van der Waals surface area contributed by atoms with Gasteiger partial charge in [0.1, 0.15) is 12.4 Å². The van der Waals surface area contributed by atoms with E-state index in [0.717, 1.165) is 42.6 Å². The Bertz CT molecular complexity index is 762. The lowest BCUT2D eigenvalue weighted by Crippen LogP contribution is -2.39. The molecule has 0 aliphatic carbocycles. The fourth-order valence-corrected chi connectivity index (χ4v) is 2.65. The smallest absolute Gasteiger partial charge is 0.192 e. The van der Waals surface area contributed by atoms with Gasteiger partial charge in [-0.15, -0.1) is 34.2 Å². The predicted octanol–water partition coefficient (Wildman–Crippen LogP) is 4.64. The van der Waals surface area contributed by atoms with Crippen molar-refractivity contribution >= 4 is 53.1 Å². The Balaban J connectivity index is 0.00000364. The maximum absolute atomic E-state index is 6.13. The summed E-state index contributed by atoms with van der Waals surface area (Å²) >= 11 is 12.1. The molecule has 1 aromatic carbocycles. The third kappa shape index (κ3) is 7.12. The third-order valence-electron chi connectivity index (χ3n) is 4.18. The van der Waals surface area contributed by atoms with Gasteiger partial charge in [0.2, 0.25) is 0 Å². The maximum atomic E-state index is 6.13. The summed E-state index contributed by atoms with van der Waals surface area (Å²) in [5, 5.41) is 16.1. The molecule has 0 saturated heterocycles. The molecule has 150 valence electrons. The molecule has 6 nitrogen and oxygen atoms in total. The number of unbranched alkanes of at least 4 members (excludes halogenated alkanes) is 1. The van der Waals surface area contributed by atoms with Crippen LogP contribution in [0.3, 0.4) is 0 Å². The molecule has 0 aliphatic heterocycles. The zero-order valence-electron chi connectivity index (χ0n) is 16.1. The summed E-state index contributed by atoms with van der Waals surface area (Å²) in [5.41, 5.74) is 1.04. The van der Waals surface area contributed by atoms with E-state index in [1.54, 1.807) is 6.07 Å². The largest absolute Gasteiger partial charge is 0.356 e. The van der Waals surface area contributed by atoms with Crippen molar-refractivity contribution < 1.29 is 0 Å². The van der Waals surface area contributed by atoms with Crippen molar-refractivity contribution in [2.75, 3.05) is 6.54 Å². The number of benzene rings is 1. The van der Waals surface area contributed by atoms with E-state index in [2.05, 4.69) is 39.7 Å². The van der Waals surface area contributed by atoms with Crippen LogP contribution in [-0.2, 0) is 13.6 Å². The number of hydrogen-bond donors (Lipinski definition) is 2. The van der Waals surface area contributed by atoms with Gasteiger partial charge >= 0.3 is 0 Å². The first-order valence-electron chi connectivity index (χ1n) is 8.77. The molecule has 1 unspecified atom stereocenters. The molecule has 1 heterocycles. The number of nitrogens with one attached hydrogen (secondary N) is 2. The van der Waals surface area contributed by atoms with E-state index >= 15 is 0 Å². The highest BCUT2D eigenvalue weighted by Crippen LogP contribution is 2.25. The van der Waals surface area contributed by atoms with Crippen LogP contribution in [0.15, 0.2) is 23.2 Å². The van der Waals surface area contributed by atoms with Gasteiger partial charge in [-0.3, -0.25) is 0 Å². The minimum absolute atomic E-state index is 0. The van der Waals surface area contributed by atoms with E-state index in [0.29, 0.717) is 16.6 Å². The molecule has 0 amide bonds. The minimum atomic E-state index is 0. The van der Waals surface area contributed by atoms with E-state index < -0.39 is 0 Å². The van der Waals surface area contributed by atoms with Crippen LogP contribution in [0, 0.1) is 6.92 Å². The van der Waals surface area contributed by atoms with Crippen LogP contribution < -0.4 is 10.6 Å². The van der Waals surface area contributed by atoms with Crippen molar-refractivity contribution in [2.45, 2.75) is 46.2 Å². The Morgan fingerprint density at radius 3 is 2.59 bits per heavy atom. The molecular formula is C18H27Cl2IN6. The van der Waals surface area contributed by atoms with E-state index in [4.69, 9.17) is 23.2 Å². The third-order valence-corrected chi connectivity index (χ3v) is 4.92. The molecule has 27 heavy (non-hydrogen) atoms. The van der Waals surface area contributed by atoms with Crippen molar-refractivity contribution in [3.63, 3.8) is 0 Å². The van der Waals surface area contributed by atoms with Crippen molar-refractivity contribution in [2.24, 2.45) is 12.0 Å². The van der Waals surface area contributed by atoms with Crippen molar-refractivity contribution in [1.82, 2.24) is 25.4 Å². The van der Waals surface area contributed by atoms with Crippen LogP contribution in [0.5, 0.6) is 0 Å². The summed E-state index contributed by atoms with van der Waals surface area (Å²) in [5.74, 6) is 2.42. The molecular weight excluding hydrogens is 498 g/mol. The average molecular weight is 525 g/mol. The van der Waals surface area contributed by atoms with Gasteiger partial charge in [-0.2, -0.15) is 0 Å². The first-order chi connectivity index (χ1) is 12.4. The summed E-state index contributed by atoms with van der Waals surface area (Å²) in [7, 11) is 1.94. The molecule has 1 aromatic heterocycles. The lowest BCUT2D eigenvalue weighted by atomic mass is 10.1. The molecule has 2 N–H and O–H groups in total. The summed E-state index contributed by atoms with van der Waals surface area (Å²) in [6.07, 6.45) is 2.19. The van der Waals surface area contributed by atoms with Crippen LogP contribution in [-0.4, -0.2) is 27.3 Å². The number of hydrogen-bond acceptors (Lipinski definition) is 3. The van der Waals surface area contributed by atoms with E-state index in [1.807, 2.05) is 30.7 Å². The Morgan fingerprint density at radius 2 is 2.00 bits per heavy atom. The summed E-state index contributed by atoms with van der Waals surface area (Å²) in [6, 6.07) is 5.67. The quantitative estimate of drug-likeness (QED) is 0.239. The zero-order valence-corrected chi connectivity index (χ0v) is 19.9. The zero-order chi connectivity index (χ0) is 19.1. The summed E-state index contributed by atoms with van der Waals surface area (Å²) in [4.78, 5) is 4.66. The number of halogens is 3. The number of rotatable bonds is 7. The second-order valence-corrected chi connectivity index (χ2v) is 7.02. The lowest BCUT2D eigenvalue weighted by molar-refractivity contribution is 0.663. The molecule has 1 atom stereocenters. The molecule has 2 aromatic rings. The average Bonchev–Trinajstić information content (AvgIpc) is 2.93. The maximum Gasteiger partial charge on any atom is 0.192 e. The van der Waals surface area contributed by atoms with Gasteiger partial charge in [0.05, 0.1) is 16.1 Å². The number of aryl methyl sites for hydroxylation is 1. The van der Waals surface area contributed by atoms with Gasteiger partial charge in [-0.05, 0) is 38.0 Å². The highest BCUT2D eigenvalue weighted by atomic mass is 127. The Hall–Kier alpha value is -1.06. The Kier molecular flexibility index (Phi) is 10.4. The first-order valence-corrected chi connectivity index (χ1v) is 9.52. The van der Waals surface area contributed by atoms with Gasteiger partial charge in [-0.25, -0.2) is 4.99 Å². The van der Waals surface area contributed by atoms with E-state index in [-0.39, 0.29) is 30.0 Å². The van der Waals surface area contributed by atoms with Crippen LogP contribution in [0.1, 0.15) is 49.9 Å². The predicted molar refractivity (Wildman–Crippen MR) is 123 cm³/mol. The molecule has 0 bridgehead atoms. The normalized spacial score (nSPS) is 12.4. The summed E-state index contributed by atoms with van der Waals surface area (Å²) in [6.45, 7) is 7.45. The van der Waals surface area contributed by atoms with Gasteiger partial charge in [-0.1, -0.05) is 42.6 Å². The molecule has 0 radical (unpaired) electrons. The van der Waals surface area contributed by atoms with Gasteiger partial charge in [0.25, 0.3) is 0 Å². The van der Waals surface area contributed by atoms with Gasteiger partial charge in [0, 0.05) is 13.6 Å². The second-order valence-electron chi connectivity index (χ2n) is 6.21. The topological polar surface area (TPSA) is 67.1 Å². The first kappa shape index (κ1) is 24.0. The minimum Gasteiger partial charge on any atom is -0.356 e. The number of guanidine groups is 1. The van der Waals surface area contributed by atoms with Crippen molar-refractivity contribution in [3.8, 4) is 0 Å². The molecule has 2 rings (SSSR count). The highest BCUT2D eigenvalue weighted by molar-refractivity contribution is 14.0. The van der Waals surface area contributed by atoms with Gasteiger partial charge in [0.15, 0.2) is 11.8 Å². The van der Waals surface area contributed by atoms with Crippen LogP contribution in [0.25, 0.3) is 0 Å². The lowest BCUT2D eigenvalue weighted by Gasteiger charge is -2.19. The number of aromatic nitrogens is 3. The van der Waals surface area contributed by atoms with Crippen LogP contribution >= 0.6 is 47.2 Å². The Morgan fingerprint density at radius 1 is 1.26 bits per heavy atom. The monoisotopic (exact) mass is 524 g/mol. The fraction of sp³-hybridized carbons (Fsp3) is 0.500. The number of aliphatic imine (C=N–C) groups is 1.